The Kier molecular flexibility index (Phi) is 10.6. The van der Waals surface area contributed by atoms with Crippen LogP contribution in [0.4, 0.5) is 0 Å². The maximum absolute atomic E-state index is 13.9. The van der Waals surface area contributed by atoms with Crippen LogP contribution in [0.2, 0.25) is 5.02 Å². The number of nitrogens with zero attached hydrogens (tertiary/aromatic N) is 1. The Hall–Kier alpha value is -3.11. The smallest absolute Gasteiger partial charge is 0.243 e. The van der Waals surface area contributed by atoms with Gasteiger partial charge in [-0.3, -0.25) is 9.59 Å². The van der Waals surface area contributed by atoms with Gasteiger partial charge < -0.3 is 10.2 Å². The molecule has 3 aromatic carbocycles. The third kappa shape index (κ3) is 8.69. The molecule has 2 amide bonds. The highest BCUT2D eigenvalue weighted by Crippen LogP contribution is 2.22. The molecule has 4 rings (SSSR count). The van der Waals surface area contributed by atoms with E-state index in [2.05, 4.69) is 43.4 Å². The minimum atomic E-state index is -0.607. The van der Waals surface area contributed by atoms with Gasteiger partial charge in [0.15, 0.2) is 0 Å². The van der Waals surface area contributed by atoms with E-state index >= 15 is 0 Å². The Morgan fingerprint density at radius 3 is 2.23 bits per heavy atom. The summed E-state index contributed by atoms with van der Waals surface area (Å²) in [6, 6.07) is 25.6. The van der Waals surface area contributed by atoms with Crippen molar-refractivity contribution in [3.63, 3.8) is 0 Å². The molecule has 1 fully saturated rings. The van der Waals surface area contributed by atoms with Gasteiger partial charge in [0, 0.05) is 30.5 Å². The van der Waals surface area contributed by atoms with Gasteiger partial charge in [-0.25, -0.2) is 0 Å². The van der Waals surface area contributed by atoms with E-state index in [0.29, 0.717) is 36.7 Å². The molecular weight excluding hydrogens is 504 g/mol. The number of hydrogen-bond donors (Lipinski definition) is 1. The minimum Gasteiger partial charge on any atom is -0.352 e. The zero-order chi connectivity index (χ0) is 27.6. The van der Waals surface area contributed by atoms with Gasteiger partial charge in [-0.15, -0.1) is 0 Å². The molecule has 0 bridgehead atoms. The van der Waals surface area contributed by atoms with Gasteiger partial charge in [0.1, 0.15) is 6.04 Å². The highest BCUT2D eigenvalue weighted by atomic mass is 35.5. The zero-order valence-electron chi connectivity index (χ0n) is 23.2. The van der Waals surface area contributed by atoms with Gasteiger partial charge in [-0.05, 0) is 59.6 Å². The van der Waals surface area contributed by atoms with Crippen molar-refractivity contribution in [3.8, 4) is 0 Å². The first-order chi connectivity index (χ1) is 18.9. The lowest BCUT2D eigenvalue weighted by Crippen LogP contribution is -2.52. The molecule has 1 aliphatic carbocycles. The molecule has 5 heteroatoms. The minimum absolute atomic E-state index is 0.0253. The molecule has 0 aromatic heterocycles. The molecule has 0 spiro atoms. The molecule has 0 radical (unpaired) electrons. The molecule has 206 valence electrons. The molecule has 1 aliphatic rings. The molecule has 0 unspecified atom stereocenters. The van der Waals surface area contributed by atoms with Crippen LogP contribution in [0.25, 0.3) is 0 Å². The maximum atomic E-state index is 13.9. The van der Waals surface area contributed by atoms with Gasteiger partial charge in [0.2, 0.25) is 11.8 Å². The van der Waals surface area contributed by atoms with Gasteiger partial charge >= 0.3 is 0 Å². The summed E-state index contributed by atoms with van der Waals surface area (Å²) in [6.45, 7) is 4.69. The number of amides is 2. The van der Waals surface area contributed by atoms with Crippen molar-refractivity contribution >= 4 is 23.4 Å². The Morgan fingerprint density at radius 2 is 1.56 bits per heavy atom. The normalized spacial score (nSPS) is 14.7. The van der Waals surface area contributed by atoms with Crippen LogP contribution < -0.4 is 5.32 Å². The lowest BCUT2D eigenvalue weighted by atomic mass is 9.94. The van der Waals surface area contributed by atoms with E-state index in [-0.39, 0.29) is 17.9 Å². The average molecular weight is 545 g/mol. The molecule has 1 saturated carbocycles. The molecule has 0 aliphatic heterocycles. The van der Waals surface area contributed by atoms with Crippen LogP contribution in [0.5, 0.6) is 0 Å². The van der Waals surface area contributed by atoms with Gasteiger partial charge in [-0.1, -0.05) is 111 Å². The third-order valence-corrected chi connectivity index (χ3v) is 7.97. The Morgan fingerprint density at radius 1 is 0.872 bits per heavy atom. The number of halogens is 1. The van der Waals surface area contributed by atoms with Crippen LogP contribution in [0.3, 0.4) is 0 Å². The highest BCUT2D eigenvalue weighted by molar-refractivity contribution is 6.30. The molecule has 0 heterocycles. The van der Waals surface area contributed by atoms with E-state index in [1.54, 1.807) is 4.90 Å². The Labute approximate surface area is 238 Å². The van der Waals surface area contributed by atoms with Crippen LogP contribution in [-0.4, -0.2) is 28.8 Å². The predicted octanol–water partition coefficient (Wildman–Crippen LogP) is 7.49. The Bertz CT molecular complexity index is 1200. The number of carbonyl (C=O) groups is 2. The fraction of sp³-hybridized carbons (Fsp3) is 0.412. The second-order valence-corrected chi connectivity index (χ2v) is 11.5. The predicted molar refractivity (Wildman–Crippen MR) is 160 cm³/mol. The van der Waals surface area contributed by atoms with Crippen molar-refractivity contribution in [2.24, 2.45) is 0 Å². The van der Waals surface area contributed by atoms with Gasteiger partial charge in [0.05, 0.1) is 0 Å². The summed E-state index contributed by atoms with van der Waals surface area (Å²) in [6.07, 6.45) is 6.92. The summed E-state index contributed by atoms with van der Waals surface area (Å²) in [5, 5.41) is 3.93. The van der Waals surface area contributed by atoms with Crippen molar-refractivity contribution in [1.82, 2.24) is 10.2 Å². The topological polar surface area (TPSA) is 49.4 Å². The highest BCUT2D eigenvalue weighted by Gasteiger charge is 2.31. The quantitative estimate of drug-likeness (QED) is 0.272. The number of nitrogens with one attached hydrogen (secondary N) is 1. The van der Waals surface area contributed by atoms with Crippen LogP contribution >= 0.6 is 11.6 Å². The Balaban J connectivity index is 1.59. The lowest BCUT2D eigenvalue weighted by Gasteiger charge is -2.33. The van der Waals surface area contributed by atoms with E-state index in [9.17, 15) is 9.59 Å². The van der Waals surface area contributed by atoms with E-state index in [1.165, 1.54) is 12.0 Å². The molecule has 3 aromatic rings. The summed E-state index contributed by atoms with van der Waals surface area (Å²) in [5.74, 6) is 0.375. The second-order valence-electron chi connectivity index (χ2n) is 11.1. The first-order valence-corrected chi connectivity index (χ1v) is 14.7. The third-order valence-electron chi connectivity index (χ3n) is 7.74. The van der Waals surface area contributed by atoms with Crippen molar-refractivity contribution < 1.29 is 9.59 Å². The maximum Gasteiger partial charge on any atom is 0.243 e. The zero-order valence-corrected chi connectivity index (χ0v) is 24.0. The fourth-order valence-electron chi connectivity index (χ4n) is 5.39. The van der Waals surface area contributed by atoms with Crippen molar-refractivity contribution in [2.75, 3.05) is 0 Å². The molecule has 1 N–H and O–H groups in total. The number of rotatable bonds is 11. The van der Waals surface area contributed by atoms with E-state index in [0.717, 1.165) is 42.4 Å². The summed E-state index contributed by atoms with van der Waals surface area (Å²) in [5.41, 5.74) is 4.37. The summed E-state index contributed by atoms with van der Waals surface area (Å²) in [4.78, 5) is 29.6. The lowest BCUT2D eigenvalue weighted by molar-refractivity contribution is -0.141. The standard InChI is InChI=1S/C34H41ClN2O2/c1-25(2)29-19-16-26(17-20-29)18-21-33(38)37(24-28-12-9-13-30(35)22-28)32(23-27-10-5-3-6-11-27)34(39)36-31-14-7-4-8-15-31/h3,5-6,9-13,16-17,19-20,22,25,31-32H,4,7-8,14-15,18,21,23-24H2,1-2H3,(H,36,39)/t32-/m0/s1. The SMILES string of the molecule is CC(C)c1ccc(CCC(=O)N(Cc2cccc(Cl)c2)[C@@H](Cc2ccccc2)C(=O)NC2CCCCC2)cc1. The summed E-state index contributed by atoms with van der Waals surface area (Å²) in [7, 11) is 0. The first-order valence-electron chi connectivity index (χ1n) is 14.4. The van der Waals surface area contributed by atoms with Crippen LogP contribution in [0.15, 0.2) is 78.9 Å². The van der Waals surface area contributed by atoms with Gasteiger partial charge in [-0.2, -0.15) is 0 Å². The van der Waals surface area contributed by atoms with E-state index in [1.807, 2.05) is 54.6 Å². The van der Waals surface area contributed by atoms with Crippen molar-refractivity contribution in [1.29, 1.82) is 0 Å². The number of benzene rings is 3. The molecule has 0 saturated heterocycles. The number of aryl methyl sites for hydroxylation is 1. The second kappa shape index (κ2) is 14.3. The van der Waals surface area contributed by atoms with Crippen LogP contribution in [0, 0.1) is 0 Å². The summed E-state index contributed by atoms with van der Waals surface area (Å²) < 4.78 is 0. The summed E-state index contributed by atoms with van der Waals surface area (Å²) >= 11 is 6.30. The first kappa shape index (κ1) is 28.9. The van der Waals surface area contributed by atoms with E-state index in [4.69, 9.17) is 11.6 Å². The monoisotopic (exact) mass is 544 g/mol. The average Bonchev–Trinajstić information content (AvgIpc) is 2.95. The molecule has 39 heavy (non-hydrogen) atoms. The van der Waals surface area contributed by atoms with Crippen LogP contribution in [-0.2, 0) is 29.0 Å². The van der Waals surface area contributed by atoms with Crippen molar-refractivity contribution in [3.05, 3.63) is 106 Å². The van der Waals surface area contributed by atoms with Crippen LogP contribution in [0.1, 0.15) is 80.5 Å². The van der Waals surface area contributed by atoms with Crippen molar-refractivity contribution in [2.45, 2.75) is 89.8 Å². The molecular formula is C34H41ClN2O2. The number of hydrogen-bond acceptors (Lipinski definition) is 2. The number of carbonyl (C=O) groups excluding carboxylic acids is 2. The molecule has 4 nitrogen and oxygen atoms in total. The largest absolute Gasteiger partial charge is 0.352 e. The molecule has 1 atom stereocenters. The van der Waals surface area contributed by atoms with Gasteiger partial charge in [0.25, 0.3) is 0 Å². The fourth-order valence-corrected chi connectivity index (χ4v) is 5.61. The van der Waals surface area contributed by atoms with E-state index < -0.39 is 6.04 Å².